The molecule has 3 aromatic rings. The standard InChI is InChI=1S/C20H19BrN2O.ClH/c21-19-6-7-20(24-15-17-4-2-1-3-5-17)18(12-19)14-23-13-16-8-10-22-11-9-16;/h1-12,23H,13-15H2;1H. The number of rotatable bonds is 7. The van der Waals surface area contributed by atoms with Crippen molar-refractivity contribution in [3.8, 4) is 5.75 Å². The number of hydrogen-bond acceptors (Lipinski definition) is 3. The lowest BCUT2D eigenvalue weighted by Crippen LogP contribution is -2.13. The molecule has 5 heteroatoms. The van der Waals surface area contributed by atoms with Gasteiger partial charge in [0.25, 0.3) is 0 Å². The van der Waals surface area contributed by atoms with Gasteiger partial charge in [0.1, 0.15) is 12.4 Å². The first-order valence-corrected chi connectivity index (χ1v) is 8.65. The summed E-state index contributed by atoms with van der Waals surface area (Å²) in [6, 6.07) is 20.3. The van der Waals surface area contributed by atoms with E-state index in [0.29, 0.717) is 6.61 Å². The molecule has 0 aliphatic rings. The molecule has 25 heavy (non-hydrogen) atoms. The molecule has 0 unspecified atom stereocenters. The molecule has 1 N–H and O–H groups in total. The van der Waals surface area contributed by atoms with Crippen LogP contribution in [0.4, 0.5) is 0 Å². The number of aromatic nitrogens is 1. The van der Waals surface area contributed by atoms with Gasteiger partial charge in [-0.25, -0.2) is 0 Å². The second-order valence-electron chi connectivity index (χ2n) is 5.49. The summed E-state index contributed by atoms with van der Waals surface area (Å²) >= 11 is 3.54. The van der Waals surface area contributed by atoms with Crippen molar-refractivity contribution in [1.29, 1.82) is 0 Å². The van der Waals surface area contributed by atoms with E-state index in [0.717, 1.165) is 34.4 Å². The molecule has 0 aliphatic heterocycles. The largest absolute Gasteiger partial charge is 0.489 e. The first-order valence-electron chi connectivity index (χ1n) is 7.86. The molecule has 3 rings (SSSR count). The van der Waals surface area contributed by atoms with Crippen LogP contribution in [0.3, 0.4) is 0 Å². The summed E-state index contributed by atoms with van der Waals surface area (Å²) in [5.41, 5.74) is 3.51. The normalized spacial score (nSPS) is 10.1. The summed E-state index contributed by atoms with van der Waals surface area (Å²) < 4.78 is 7.06. The van der Waals surface area contributed by atoms with E-state index in [-0.39, 0.29) is 12.4 Å². The Morgan fingerprint density at radius 3 is 2.40 bits per heavy atom. The Hall–Kier alpha value is -1.88. The van der Waals surface area contributed by atoms with Crippen LogP contribution in [0, 0.1) is 0 Å². The number of hydrogen-bond donors (Lipinski definition) is 1. The Bertz CT molecular complexity index is 769. The van der Waals surface area contributed by atoms with Gasteiger partial charge < -0.3 is 10.1 Å². The molecular formula is C20H20BrClN2O. The molecule has 0 saturated carbocycles. The van der Waals surface area contributed by atoms with Crippen molar-refractivity contribution >= 4 is 28.3 Å². The number of nitrogens with zero attached hydrogens (tertiary/aromatic N) is 1. The molecule has 1 heterocycles. The lowest BCUT2D eigenvalue weighted by Gasteiger charge is -2.13. The molecule has 0 aliphatic carbocycles. The van der Waals surface area contributed by atoms with Gasteiger partial charge >= 0.3 is 0 Å². The molecule has 130 valence electrons. The number of pyridine rings is 1. The fourth-order valence-corrected chi connectivity index (χ4v) is 2.81. The van der Waals surface area contributed by atoms with Crippen LogP contribution in [0.25, 0.3) is 0 Å². The van der Waals surface area contributed by atoms with Gasteiger partial charge in [0, 0.05) is 35.5 Å². The zero-order valence-electron chi connectivity index (χ0n) is 13.7. The van der Waals surface area contributed by atoms with Crippen molar-refractivity contribution in [2.75, 3.05) is 0 Å². The predicted molar refractivity (Wildman–Crippen MR) is 107 cm³/mol. The van der Waals surface area contributed by atoms with Gasteiger partial charge in [0.15, 0.2) is 0 Å². The maximum atomic E-state index is 6.01. The van der Waals surface area contributed by atoms with Gasteiger partial charge in [-0.2, -0.15) is 0 Å². The quantitative estimate of drug-likeness (QED) is 0.576. The number of ether oxygens (including phenoxy) is 1. The van der Waals surface area contributed by atoms with E-state index in [9.17, 15) is 0 Å². The maximum absolute atomic E-state index is 6.01. The molecule has 2 aromatic carbocycles. The van der Waals surface area contributed by atoms with Crippen LogP contribution >= 0.6 is 28.3 Å². The van der Waals surface area contributed by atoms with E-state index in [1.807, 2.05) is 54.9 Å². The molecular weight excluding hydrogens is 400 g/mol. The molecule has 0 bridgehead atoms. The third-order valence-corrected chi connectivity index (χ3v) is 4.15. The van der Waals surface area contributed by atoms with Gasteiger partial charge in [-0.3, -0.25) is 4.98 Å². The van der Waals surface area contributed by atoms with Gasteiger partial charge in [0.2, 0.25) is 0 Å². The van der Waals surface area contributed by atoms with Crippen LogP contribution in [0.15, 0.2) is 77.5 Å². The van der Waals surface area contributed by atoms with Crippen LogP contribution in [-0.2, 0) is 19.7 Å². The minimum absolute atomic E-state index is 0. The second-order valence-corrected chi connectivity index (χ2v) is 6.40. The fraction of sp³-hybridized carbons (Fsp3) is 0.150. The summed E-state index contributed by atoms with van der Waals surface area (Å²) in [6.07, 6.45) is 3.62. The fourth-order valence-electron chi connectivity index (χ4n) is 2.40. The van der Waals surface area contributed by atoms with E-state index < -0.39 is 0 Å². The molecule has 0 spiro atoms. The predicted octanol–water partition coefficient (Wildman–Crippen LogP) is 5.13. The molecule has 0 saturated heterocycles. The third-order valence-electron chi connectivity index (χ3n) is 3.65. The van der Waals surface area contributed by atoms with E-state index in [4.69, 9.17) is 4.74 Å². The van der Waals surface area contributed by atoms with Crippen molar-refractivity contribution in [2.45, 2.75) is 19.7 Å². The third kappa shape index (κ3) is 6.16. The Balaban J connectivity index is 0.00000225. The van der Waals surface area contributed by atoms with E-state index in [1.165, 1.54) is 5.56 Å². The lowest BCUT2D eigenvalue weighted by molar-refractivity contribution is 0.302. The Morgan fingerprint density at radius 1 is 0.880 bits per heavy atom. The Morgan fingerprint density at radius 2 is 1.64 bits per heavy atom. The van der Waals surface area contributed by atoms with Crippen molar-refractivity contribution in [2.24, 2.45) is 0 Å². The highest BCUT2D eigenvalue weighted by atomic mass is 79.9. The zero-order chi connectivity index (χ0) is 16.6. The summed E-state index contributed by atoms with van der Waals surface area (Å²) in [5.74, 6) is 0.907. The summed E-state index contributed by atoms with van der Waals surface area (Å²) in [5, 5.41) is 3.46. The topological polar surface area (TPSA) is 34.1 Å². The summed E-state index contributed by atoms with van der Waals surface area (Å²) in [4.78, 5) is 4.04. The highest BCUT2D eigenvalue weighted by Crippen LogP contribution is 2.24. The monoisotopic (exact) mass is 418 g/mol. The van der Waals surface area contributed by atoms with Crippen LogP contribution in [0.5, 0.6) is 5.75 Å². The first-order chi connectivity index (χ1) is 11.8. The van der Waals surface area contributed by atoms with Gasteiger partial charge in [-0.05, 0) is 41.5 Å². The molecule has 1 aromatic heterocycles. The smallest absolute Gasteiger partial charge is 0.124 e. The molecule has 0 radical (unpaired) electrons. The van der Waals surface area contributed by atoms with Crippen molar-refractivity contribution in [3.63, 3.8) is 0 Å². The Kier molecular flexibility index (Phi) is 7.92. The average molecular weight is 420 g/mol. The molecule has 3 nitrogen and oxygen atoms in total. The summed E-state index contributed by atoms with van der Waals surface area (Å²) in [7, 11) is 0. The average Bonchev–Trinajstić information content (AvgIpc) is 2.63. The SMILES string of the molecule is Brc1ccc(OCc2ccccc2)c(CNCc2ccncc2)c1.Cl. The van der Waals surface area contributed by atoms with Crippen molar-refractivity contribution in [1.82, 2.24) is 10.3 Å². The zero-order valence-corrected chi connectivity index (χ0v) is 16.1. The molecule has 0 atom stereocenters. The van der Waals surface area contributed by atoms with Crippen LogP contribution in [0.1, 0.15) is 16.7 Å². The van der Waals surface area contributed by atoms with Crippen LogP contribution in [0.2, 0.25) is 0 Å². The van der Waals surface area contributed by atoms with E-state index >= 15 is 0 Å². The molecule has 0 amide bonds. The van der Waals surface area contributed by atoms with E-state index in [2.05, 4.69) is 44.4 Å². The highest BCUT2D eigenvalue weighted by Gasteiger charge is 2.05. The van der Waals surface area contributed by atoms with Crippen LogP contribution in [-0.4, -0.2) is 4.98 Å². The second kappa shape index (κ2) is 10.2. The highest BCUT2D eigenvalue weighted by molar-refractivity contribution is 9.10. The Labute approximate surface area is 163 Å². The van der Waals surface area contributed by atoms with Crippen molar-refractivity contribution in [3.05, 3.63) is 94.2 Å². The van der Waals surface area contributed by atoms with Gasteiger partial charge in [-0.15, -0.1) is 12.4 Å². The van der Waals surface area contributed by atoms with Gasteiger partial charge in [-0.1, -0.05) is 46.3 Å². The van der Waals surface area contributed by atoms with Crippen molar-refractivity contribution < 1.29 is 4.74 Å². The number of halogens is 2. The maximum Gasteiger partial charge on any atom is 0.124 e. The number of nitrogens with one attached hydrogen (secondary N) is 1. The first kappa shape index (κ1) is 19.4. The minimum atomic E-state index is 0. The molecule has 0 fully saturated rings. The van der Waals surface area contributed by atoms with Gasteiger partial charge in [0.05, 0.1) is 0 Å². The summed E-state index contributed by atoms with van der Waals surface area (Å²) in [6.45, 7) is 2.11. The number of benzene rings is 2. The lowest BCUT2D eigenvalue weighted by atomic mass is 10.2. The van der Waals surface area contributed by atoms with E-state index in [1.54, 1.807) is 0 Å². The van der Waals surface area contributed by atoms with Crippen LogP contribution < -0.4 is 10.1 Å². The minimum Gasteiger partial charge on any atom is -0.489 e.